The molecule has 0 radical (unpaired) electrons. The number of piperidine rings is 1. The van der Waals surface area contributed by atoms with E-state index in [1.54, 1.807) is 11.8 Å². The predicted octanol–water partition coefficient (Wildman–Crippen LogP) is 0.773. The van der Waals surface area contributed by atoms with Crippen LogP contribution >= 0.6 is 0 Å². The molecule has 1 saturated heterocycles. The summed E-state index contributed by atoms with van der Waals surface area (Å²) >= 11 is 0. The van der Waals surface area contributed by atoms with Gasteiger partial charge in [0.25, 0.3) is 0 Å². The van der Waals surface area contributed by atoms with Crippen LogP contribution in [0.2, 0.25) is 0 Å². The normalized spacial score (nSPS) is 23.0. The number of nitrogens with zero attached hydrogens (tertiary/aromatic N) is 4. The highest BCUT2D eigenvalue weighted by Gasteiger charge is 2.26. The maximum Gasteiger partial charge on any atom is 0.219 e. The van der Waals surface area contributed by atoms with Crippen LogP contribution in [0.4, 0.5) is 5.82 Å². The van der Waals surface area contributed by atoms with Gasteiger partial charge in [0, 0.05) is 37.9 Å². The minimum absolute atomic E-state index is 0.0815. The molecule has 0 saturated carbocycles. The number of nitrogen functional groups attached to an aromatic ring is 1. The molecule has 3 rings (SSSR count). The van der Waals surface area contributed by atoms with Crippen LogP contribution in [-0.4, -0.2) is 52.4 Å². The number of rotatable bonds is 1. The SMILES string of the molecule is CC(=O)N1CCc2nc([C@H]3CCCN(C)C3)nc(N)c2C1. The number of fused-ring (bicyclic) bond motifs is 1. The molecular formula is C15H23N5O. The van der Waals surface area contributed by atoms with Gasteiger partial charge in [-0.25, -0.2) is 9.97 Å². The first kappa shape index (κ1) is 14.3. The van der Waals surface area contributed by atoms with Crippen LogP contribution in [0.1, 0.15) is 42.8 Å². The van der Waals surface area contributed by atoms with E-state index in [0.29, 0.717) is 18.3 Å². The number of amides is 1. The van der Waals surface area contributed by atoms with E-state index in [0.717, 1.165) is 49.6 Å². The summed E-state index contributed by atoms with van der Waals surface area (Å²) in [5, 5.41) is 0. The minimum Gasteiger partial charge on any atom is -0.383 e. The van der Waals surface area contributed by atoms with Crippen LogP contribution in [0.15, 0.2) is 0 Å². The van der Waals surface area contributed by atoms with Crippen molar-refractivity contribution in [3.8, 4) is 0 Å². The van der Waals surface area contributed by atoms with Crippen LogP contribution in [-0.2, 0) is 17.8 Å². The van der Waals surface area contributed by atoms with E-state index in [2.05, 4.69) is 16.9 Å². The van der Waals surface area contributed by atoms with Gasteiger partial charge in [0.05, 0.1) is 12.2 Å². The summed E-state index contributed by atoms with van der Waals surface area (Å²) in [4.78, 5) is 24.9. The van der Waals surface area contributed by atoms with Crippen molar-refractivity contribution in [3.05, 3.63) is 17.1 Å². The van der Waals surface area contributed by atoms with E-state index < -0.39 is 0 Å². The van der Waals surface area contributed by atoms with Gasteiger partial charge in [-0.2, -0.15) is 0 Å². The maximum absolute atomic E-state index is 11.5. The molecule has 1 aromatic heterocycles. The number of carbonyl (C=O) groups is 1. The van der Waals surface area contributed by atoms with Gasteiger partial charge in [0.1, 0.15) is 11.6 Å². The smallest absolute Gasteiger partial charge is 0.219 e. The minimum atomic E-state index is 0.0815. The molecular weight excluding hydrogens is 266 g/mol. The zero-order chi connectivity index (χ0) is 15.0. The average Bonchev–Trinajstić information content (AvgIpc) is 2.46. The molecule has 0 aliphatic carbocycles. The first-order valence-corrected chi connectivity index (χ1v) is 7.64. The molecule has 3 heterocycles. The standard InChI is InChI=1S/C15H23N5O/c1-10(21)20-7-5-13-12(9-20)14(16)18-15(17-13)11-4-3-6-19(2)8-11/h11H,3-9H2,1-2H3,(H2,16,17,18)/t11-/m0/s1. The topological polar surface area (TPSA) is 75.4 Å². The Morgan fingerprint density at radius 2 is 2.14 bits per heavy atom. The van der Waals surface area contributed by atoms with Gasteiger partial charge in [-0.1, -0.05) is 0 Å². The van der Waals surface area contributed by atoms with Crippen LogP contribution in [0.5, 0.6) is 0 Å². The Morgan fingerprint density at radius 1 is 1.33 bits per heavy atom. The van der Waals surface area contributed by atoms with Crippen molar-refractivity contribution in [2.45, 2.75) is 38.6 Å². The predicted molar refractivity (Wildman–Crippen MR) is 80.7 cm³/mol. The highest BCUT2D eigenvalue weighted by molar-refractivity contribution is 5.73. The second-order valence-electron chi connectivity index (χ2n) is 6.18. The fourth-order valence-corrected chi connectivity index (χ4v) is 3.29. The Morgan fingerprint density at radius 3 is 2.86 bits per heavy atom. The Kier molecular flexibility index (Phi) is 3.80. The summed E-state index contributed by atoms with van der Waals surface area (Å²) in [5.41, 5.74) is 8.11. The summed E-state index contributed by atoms with van der Waals surface area (Å²) in [6, 6.07) is 0. The summed E-state index contributed by atoms with van der Waals surface area (Å²) < 4.78 is 0. The molecule has 2 N–H and O–H groups in total. The van der Waals surface area contributed by atoms with Crippen molar-refractivity contribution in [1.29, 1.82) is 0 Å². The van der Waals surface area contributed by atoms with Crippen molar-refractivity contribution >= 4 is 11.7 Å². The summed E-state index contributed by atoms with van der Waals surface area (Å²) in [6.07, 6.45) is 3.08. The van der Waals surface area contributed by atoms with E-state index in [4.69, 9.17) is 10.7 Å². The van der Waals surface area contributed by atoms with Crippen molar-refractivity contribution in [1.82, 2.24) is 19.8 Å². The van der Waals surface area contributed by atoms with Crippen LogP contribution in [0.3, 0.4) is 0 Å². The van der Waals surface area contributed by atoms with Gasteiger partial charge in [0.15, 0.2) is 0 Å². The van der Waals surface area contributed by atoms with Crippen LogP contribution < -0.4 is 5.73 Å². The Hall–Kier alpha value is -1.69. The number of aromatic nitrogens is 2. The Bertz CT molecular complexity index is 559. The molecule has 2 aliphatic heterocycles. The molecule has 1 amide bonds. The molecule has 0 aromatic carbocycles. The Balaban J connectivity index is 1.86. The third-order valence-electron chi connectivity index (χ3n) is 4.54. The van der Waals surface area contributed by atoms with Crippen LogP contribution in [0.25, 0.3) is 0 Å². The lowest BCUT2D eigenvalue weighted by molar-refractivity contribution is -0.129. The molecule has 6 nitrogen and oxygen atoms in total. The van der Waals surface area contributed by atoms with Crippen molar-refractivity contribution in [2.75, 3.05) is 32.4 Å². The second kappa shape index (κ2) is 5.60. The molecule has 0 spiro atoms. The molecule has 1 atom stereocenters. The lowest BCUT2D eigenvalue weighted by Gasteiger charge is -2.31. The fourth-order valence-electron chi connectivity index (χ4n) is 3.29. The van der Waals surface area contributed by atoms with Gasteiger partial charge in [-0.3, -0.25) is 4.79 Å². The summed E-state index contributed by atoms with van der Waals surface area (Å²) in [7, 11) is 2.14. The summed E-state index contributed by atoms with van der Waals surface area (Å²) in [6.45, 7) is 5.00. The number of hydrogen-bond acceptors (Lipinski definition) is 5. The maximum atomic E-state index is 11.5. The lowest BCUT2D eigenvalue weighted by atomic mass is 9.96. The molecule has 1 aromatic rings. The van der Waals surface area contributed by atoms with Crippen molar-refractivity contribution in [2.24, 2.45) is 0 Å². The lowest BCUT2D eigenvalue weighted by Crippen LogP contribution is -2.36. The van der Waals surface area contributed by atoms with Gasteiger partial charge >= 0.3 is 0 Å². The first-order chi connectivity index (χ1) is 10.0. The average molecular weight is 289 g/mol. The zero-order valence-corrected chi connectivity index (χ0v) is 12.8. The van der Waals surface area contributed by atoms with Gasteiger partial charge in [-0.15, -0.1) is 0 Å². The van der Waals surface area contributed by atoms with E-state index in [1.165, 1.54) is 6.42 Å². The van der Waals surface area contributed by atoms with Gasteiger partial charge < -0.3 is 15.5 Å². The zero-order valence-electron chi connectivity index (χ0n) is 12.8. The third-order valence-corrected chi connectivity index (χ3v) is 4.54. The molecule has 114 valence electrons. The number of carbonyl (C=O) groups excluding carboxylic acids is 1. The first-order valence-electron chi connectivity index (χ1n) is 7.64. The molecule has 0 unspecified atom stereocenters. The van der Waals surface area contributed by atoms with E-state index in [-0.39, 0.29) is 5.91 Å². The largest absolute Gasteiger partial charge is 0.383 e. The highest BCUT2D eigenvalue weighted by Crippen LogP contribution is 2.28. The quantitative estimate of drug-likeness (QED) is 0.826. The number of anilines is 1. The molecule has 1 fully saturated rings. The van der Waals surface area contributed by atoms with Gasteiger partial charge in [-0.05, 0) is 26.4 Å². The second-order valence-corrected chi connectivity index (χ2v) is 6.18. The van der Waals surface area contributed by atoms with E-state index in [1.807, 2.05) is 0 Å². The van der Waals surface area contributed by atoms with Crippen LogP contribution in [0, 0.1) is 0 Å². The molecule has 21 heavy (non-hydrogen) atoms. The van der Waals surface area contributed by atoms with Crippen molar-refractivity contribution < 1.29 is 4.79 Å². The van der Waals surface area contributed by atoms with E-state index >= 15 is 0 Å². The number of hydrogen-bond donors (Lipinski definition) is 1. The monoisotopic (exact) mass is 289 g/mol. The number of nitrogens with two attached hydrogens (primary N) is 1. The fraction of sp³-hybridized carbons (Fsp3) is 0.667. The molecule has 2 aliphatic rings. The molecule has 0 bridgehead atoms. The molecule has 6 heteroatoms. The summed E-state index contributed by atoms with van der Waals surface area (Å²) in [5.74, 6) is 1.89. The number of likely N-dealkylation sites (N-methyl/N-ethyl adjacent to an activating group) is 1. The van der Waals surface area contributed by atoms with Crippen molar-refractivity contribution in [3.63, 3.8) is 0 Å². The number of likely N-dealkylation sites (tertiary alicyclic amines) is 1. The third kappa shape index (κ3) is 2.85. The van der Waals surface area contributed by atoms with Gasteiger partial charge in [0.2, 0.25) is 5.91 Å². The van der Waals surface area contributed by atoms with E-state index in [9.17, 15) is 4.79 Å². The highest BCUT2D eigenvalue weighted by atomic mass is 16.2. The Labute approximate surface area is 125 Å².